The fourth-order valence-electron chi connectivity index (χ4n) is 2.18. The summed E-state index contributed by atoms with van der Waals surface area (Å²) >= 11 is 0. The van der Waals surface area contributed by atoms with Gasteiger partial charge in [-0.25, -0.2) is 4.79 Å². The molecule has 2 aromatic rings. The number of ketones is 1. The van der Waals surface area contributed by atoms with Gasteiger partial charge in [-0.2, -0.15) is 0 Å². The van der Waals surface area contributed by atoms with E-state index >= 15 is 0 Å². The minimum Gasteiger partial charge on any atom is -0.493 e. The highest BCUT2D eigenvalue weighted by atomic mass is 16.5. The van der Waals surface area contributed by atoms with E-state index in [9.17, 15) is 9.59 Å². The molecule has 26 heavy (non-hydrogen) atoms. The first kappa shape index (κ1) is 19.1. The minimum absolute atomic E-state index is 0.183. The second-order valence-electron chi connectivity index (χ2n) is 5.43. The summed E-state index contributed by atoms with van der Waals surface area (Å²) in [7, 11) is 3.10. The fourth-order valence-corrected chi connectivity index (χ4v) is 2.18. The molecule has 1 unspecified atom stereocenters. The molecular weight excluding hydrogens is 336 g/mol. The van der Waals surface area contributed by atoms with Gasteiger partial charge in [-0.05, 0) is 55.0 Å². The maximum Gasteiger partial charge on any atom is 0.344 e. The number of carboxylic acid groups (broad SMARTS) is 1. The number of carbonyl (C=O) groups excluding carboxylic acids is 1. The average Bonchev–Trinajstić information content (AvgIpc) is 2.66. The first-order chi connectivity index (χ1) is 12.4. The van der Waals surface area contributed by atoms with E-state index in [1.54, 1.807) is 56.7 Å². The molecule has 0 saturated heterocycles. The van der Waals surface area contributed by atoms with Crippen LogP contribution in [0.3, 0.4) is 0 Å². The van der Waals surface area contributed by atoms with Crippen molar-refractivity contribution in [1.82, 2.24) is 0 Å². The van der Waals surface area contributed by atoms with Crippen LogP contribution in [0.2, 0.25) is 0 Å². The summed E-state index contributed by atoms with van der Waals surface area (Å²) in [5.74, 6) is 0.347. The Morgan fingerprint density at radius 1 is 1.00 bits per heavy atom. The van der Waals surface area contributed by atoms with E-state index < -0.39 is 12.1 Å². The predicted molar refractivity (Wildman–Crippen MR) is 97.1 cm³/mol. The van der Waals surface area contributed by atoms with Crippen molar-refractivity contribution in [2.24, 2.45) is 0 Å². The summed E-state index contributed by atoms with van der Waals surface area (Å²) in [5, 5.41) is 8.83. The number of methoxy groups -OCH3 is 2. The maximum absolute atomic E-state index is 12.3. The molecule has 0 aliphatic rings. The van der Waals surface area contributed by atoms with Crippen LogP contribution in [0.4, 0.5) is 0 Å². The van der Waals surface area contributed by atoms with Crippen molar-refractivity contribution < 1.29 is 28.9 Å². The van der Waals surface area contributed by atoms with Gasteiger partial charge in [0.15, 0.2) is 23.4 Å². The molecular formula is C20H20O6. The van der Waals surface area contributed by atoms with E-state index in [4.69, 9.17) is 19.3 Å². The third-order valence-electron chi connectivity index (χ3n) is 3.63. The summed E-state index contributed by atoms with van der Waals surface area (Å²) in [6.45, 7) is 1.44. The Hall–Kier alpha value is -3.28. The van der Waals surface area contributed by atoms with E-state index in [0.717, 1.165) is 5.56 Å². The number of hydrogen-bond acceptors (Lipinski definition) is 5. The Bertz CT molecular complexity index is 808. The van der Waals surface area contributed by atoms with Crippen molar-refractivity contribution in [3.05, 3.63) is 59.7 Å². The van der Waals surface area contributed by atoms with Crippen LogP contribution in [0.1, 0.15) is 22.8 Å². The Labute approximate surface area is 151 Å². The van der Waals surface area contributed by atoms with Crippen LogP contribution in [-0.4, -0.2) is 37.2 Å². The summed E-state index contributed by atoms with van der Waals surface area (Å²) in [4.78, 5) is 23.0. The van der Waals surface area contributed by atoms with Crippen LogP contribution in [0.5, 0.6) is 17.2 Å². The van der Waals surface area contributed by atoms with E-state index in [0.29, 0.717) is 22.8 Å². The van der Waals surface area contributed by atoms with Crippen LogP contribution in [0.25, 0.3) is 6.08 Å². The van der Waals surface area contributed by atoms with Crippen LogP contribution >= 0.6 is 0 Å². The first-order valence-corrected chi connectivity index (χ1v) is 7.88. The van der Waals surface area contributed by atoms with Gasteiger partial charge < -0.3 is 19.3 Å². The second kappa shape index (κ2) is 8.71. The Balaban J connectivity index is 2.07. The van der Waals surface area contributed by atoms with Gasteiger partial charge in [0, 0.05) is 5.56 Å². The quantitative estimate of drug-likeness (QED) is 0.576. The number of allylic oxidation sites excluding steroid dienone is 1. The average molecular weight is 356 g/mol. The Kier molecular flexibility index (Phi) is 6.38. The van der Waals surface area contributed by atoms with Gasteiger partial charge in [-0.15, -0.1) is 0 Å². The zero-order valence-electron chi connectivity index (χ0n) is 14.8. The lowest BCUT2D eigenvalue weighted by Gasteiger charge is -2.10. The van der Waals surface area contributed by atoms with Crippen molar-refractivity contribution >= 4 is 17.8 Å². The highest BCUT2D eigenvalue weighted by Gasteiger charge is 2.12. The van der Waals surface area contributed by atoms with E-state index in [1.165, 1.54) is 13.0 Å². The Morgan fingerprint density at radius 3 is 2.23 bits per heavy atom. The molecule has 2 aromatic carbocycles. The van der Waals surface area contributed by atoms with Crippen LogP contribution < -0.4 is 14.2 Å². The minimum atomic E-state index is -1.05. The number of carbonyl (C=O) groups is 2. The molecule has 1 atom stereocenters. The molecule has 0 amide bonds. The van der Waals surface area contributed by atoms with Crippen molar-refractivity contribution in [2.45, 2.75) is 13.0 Å². The largest absolute Gasteiger partial charge is 0.493 e. The molecule has 0 bridgehead atoms. The lowest BCUT2D eigenvalue weighted by atomic mass is 10.1. The molecule has 0 aromatic heterocycles. The van der Waals surface area contributed by atoms with Gasteiger partial charge >= 0.3 is 5.97 Å². The lowest BCUT2D eigenvalue weighted by Crippen LogP contribution is -2.22. The normalized spacial score (nSPS) is 11.8. The van der Waals surface area contributed by atoms with Crippen LogP contribution in [-0.2, 0) is 4.79 Å². The number of rotatable bonds is 8. The summed E-state index contributed by atoms with van der Waals surface area (Å²) in [5.41, 5.74) is 1.27. The SMILES string of the molecule is COc1ccc(/C=C/C(=O)c2ccc(OC(C)C(=O)O)cc2)cc1OC. The van der Waals surface area contributed by atoms with Crippen molar-refractivity contribution in [3.8, 4) is 17.2 Å². The molecule has 1 N–H and O–H groups in total. The molecule has 136 valence electrons. The molecule has 0 aliphatic carbocycles. The van der Waals surface area contributed by atoms with Gasteiger partial charge in [0.05, 0.1) is 14.2 Å². The zero-order chi connectivity index (χ0) is 19.1. The topological polar surface area (TPSA) is 82.1 Å². The van der Waals surface area contributed by atoms with Crippen LogP contribution in [0, 0.1) is 0 Å². The van der Waals surface area contributed by atoms with Gasteiger partial charge in [0.2, 0.25) is 0 Å². The van der Waals surface area contributed by atoms with Crippen molar-refractivity contribution in [2.75, 3.05) is 14.2 Å². The van der Waals surface area contributed by atoms with E-state index in [-0.39, 0.29) is 5.78 Å². The van der Waals surface area contributed by atoms with Gasteiger partial charge in [0.1, 0.15) is 5.75 Å². The number of hydrogen-bond donors (Lipinski definition) is 1. The third kappa shape index (κ3) is 4.86. The summed E-state index contributed by atoms with van der Waals surface area (Å²) in [6.07, 6.45) is 2.18. The molecule has 0 radical (unpaired) electrons. The smallest absolute Gasteiger partial charge is 0.344 e. The highest BCUT2D eigenvalue weighted by Crippen LogP contribution is 2.28. The van der Waals surface area contributed by atoms with Crippen LogP contribution in [0.15, 0.2) is 48.5 Å². The van der Waals surface area contributed by atoms with Crippen molar-refractivity contribution in [1.29, 1.82) is 0 Å². The molecule has 0 fully saturated rings. The van der Waals surface area contributed by atoms with E-state index in [2.05, 4.69) is 0 Å². The summed E-state index contributed by atoms with van der Waals surface area (Å²) in [6, 6.07) is 11.7. The molecule has 0 aliphatic heterocycles. The molecule has 0 saturated carbocycles. The number of carboxylic acids is 1. The molecule has 6 heteroatoms. The van der Waals surface area contributed by atoms with Gasteiger partial charge in [0.25, 0.3) is 0 Å². The first-order valence-electron chi connectivity index (χ1n) is 7.88. The fraction of sp³-hybridized carbons (Fsp3) is 0.200. The molecule has 2 rings (SSSR count). The van der Waals surface area contributed by atoms with Gasteiger partial charge in [-0.1, -0.05) is 12.1 Å². The maximum atomic E-state index is 12.3. The predicted octanol–water partition coefficient (Wildman–Crippen LogP) is 3.45. The standard InChI is InChI=1S/C20H20O6/c1-13(20(22)23)26-16-8-6-15(7-9-16)17(21)10-4-14-5-11-18(24-2)19(12-14)25-3/h4-13H,1-3H3,(H,22,23)/b10-4+. The molecule has 0 heterocycles. The zero-order valence-corrected chi connectivity index (χ0v) is 14.8. The Morgan fingerprint density at radius 2 is 1.65 bits per heavy atom. The highest BCUT2D eigenvalue weighted by molar-refractivity contribution is 6.06. The monoisotopic (exact) mass is 356 g/mol. The number of benzene rings is 2. The van der Waals surface area contributed by atoms with Crippen molar-refractivity contribution in [3.63, 3.8) is 0 Å². The summed E-state index contributed by atoms with van der Waals surface area (Å²) < 4.78 is 15.6. The third-order valence-corrected chi connectivity index (χ3v) is 3.63. The van der Waals surface area contributed by atoms with Gasteiger partial charge in [-0.3, -0.25) is 4.79 Å². The lowest BCUT2D eigenvalue weighted by molar-refractivity contribution is -0.144. The molecule has 0 spiro atoms. The molecule has 6 nitrogen and oxygen atoms in total. The number of aliphatic carboxylic acids is 1. The second-order valence-corrected chi connectivity index (χ2v) is 5.43. The number of ether oxygens (including phenoxy) is 3. The van der Waals surface area contributed by atoms with E-state index in [1.807, 2.05) is 6.07 Å².